The number of halogens is 2. The first-order valence-corrected chi connectivity index (χ1v) is 15.6. The van der Waals surface area contributed by atoms with Gasteiger partial charge in [0.05, 0.1) is 45.9 Å². The van der Waals surface area contributed by atoms with Crippen LogP contribution in [0.3, 0.4) is 0 Å². The van der Waals surface area contributed by atoms with E-state index in [2.05, 4.69) is 10.3 Å². The first-order valence-electron chi connectivity index (χ1n) is 12.1. The van der Waals surface area contributed by atoms with E-state index in [0.29, 0.717) is 21.8 Å². The van der Waals surface area contributed by atoms with E-state index in [1.807, 2.05) is 6.07 Å². The van der Waals surface area contributed by atoms with Gasteiger partial charge in [-0.2, -0.15) is 5.26 Å². The van der Waals surface area contributed by atoms with Crippen LogP contribution in [-0.4, -0.2) is 34.2 Å². The smallest absolute Gasteiger partial charge is 0.268 e. The molecule has 0 fully saturated rings. The molecule has 0 saturated carbocycles. The van der Waals surface area contributed by atoms with E-state index in [1.54, 1.807) is 6.92 Å². The largest absolute Gasteiger partial charge is 0.606 e. The number of carbonyl (C=O) groups is 1. The number of carbonyl (C=O) groups excluding carboxylic acids is 1. The summed E-state index contributed by atoms with van der Waals surface area (Å²) in [5.74, 6) is -0.837. The first kappa shape index (κ1) is 30.3. The Morgan fingerprint density at radius 3 is 2.32 bits per heavy atom. The molecule has 0 aliphatic rings. The molecule has 0 aliphatic carbocycles. The summed E-state index contributed by atoms with van der Waals surface area (Å²) in [7, 11) is -3.43. The van der Waals surface area contributed by atoms with Gasteiger partial charge in [0.15, 0.2) is 19.6 Å². The summed E-state index contributed by atoms with van der Waals surface area (Å²) in [6.07, 6.45) is 1.21. The predicted molar refractivity (Wildman–Crippen MR) is 156 cm³/mol. The molecule has 210 valence electrons. The molecule has 0 aliphatic heterocycles. The van der Waals surface area contributed by atoms with E-state index in [0.717, 1.165) is 0 Å². The number of aromatic nitrogens is 2. The van der Waals surface area contributed by atoms with Crippen LogP contribution >= 0.6 is 23.2 Å². The van der Waals surface area contributed by atoms with Gasteiger partial charge in [-0.1, -0.05) is 30.1 Å². The lowest BCUT2D eigenvalue weighted by Gasteiger charge is -2.18. The third-order valence-corrected chi connectivity index (χ3v) is 9.78. The molecule has 2 aromatic heterocycles. The molecule has 2 heterocycles. The van der Waals surface area contributed by atoms with E-state index in [1.165, 1.54) is 78.4 Å². The zero-order valence-corrected chi connectivity index (χ0v) is 24.9. The highest BCUT2D eigenvalue weighted by molar-refractivity contribution is 7.91. The summed E-state index contributed by atoms with van der Waals surface area (Å²) >= 11 is 10.5. The van der Waals surface area contributed by atoms with Gasteiger partial charge in [0.1, 0.15) is 5.56 Å². The Kier molecular flexibility index (Phi) is 9.21. The number of sulfone groups is 1. The predicted octanol–water partition coefficient (Wildman–Crippen LogP) is 4.61. The van der Waals surface area contributed by atoms with Gasteiger partial charge >= 0.3 is 0 Å². The molecule has 4 rings (SSSR count). The van der Waals surface area contributed by atoms with Gasteiger partial charge in [-0.25, -0.2) is 8.42 Å². The third-order valence-electron chi connectivity index (χ3n) is 6.12. The first-order chi connectivity index (χ1) is 19.4. The number of amides is 1. The molecule has 2 aromatic carbocycles. The van der Waals surface area contributed by atoms with E-state index >= 15 is 0 Å². The Morgan fingerprint density at radius 1 is 1.10 bits per heavy atom. The second kappa shape index (κ2) is 12.5. The Bertz CT molecular complexity index is 1820. The number of rotatable bonds is 8. The van der Waals surface area contributed by atoms with Crippen LogP contribution in [0.15, 0.2) is 86.3 Å². The molecule has 1 N–H and O–H groups in total. The molecule has 13 heteroatoms. The highest BCUT2D eigenvalue weighted by Crippen LogP contribution is 2.28. The molecule has 41 heavy (non-hydrogen) atoms. The van der Waals surface area contributed by atoms with Crippen LogP contribution in [-0.2, 0) is 27.6 Å². The van der Waals surface area contributed by atoms with Crippen molar-refractivity contribution in [2.24, 2.45) is 0 Å². The fraction of sp³-hybridized carbons (Fsp3) is 0.143. The van der Waals surface area contributed by atoms with Crippen LogP contribution in [0.1, 0.15) is 34.2 Å². The number of pyridine rings is 2. The van der Waals surface area contributed by atoms with Gasteiger partial charge in [-0.05, 0) is 61.5 Å². The highest BCUT2D eigenvalue weighted by atomic mass is 35.5. The van der Waals surface area contributed by atoms with Gasteiger partial charge in [0, 0.05) is 33.5 Å². The highest BCUT2D eigenvalue weighted by Gasteiger charge is 2.26. The molecular formula is C28H22Cl2N4O5S2. The monoisotopic (exact) mass is 628 g/mol. The van der Waals surface area contributed by atoms with Gasteiger partial charge in [-0.3, -0.25) is 19.1 Å². The number of hydrogen-bond acceptors (Lipinski definition) is 7. The average Bonchev–Trinajstić information content (AvgIpc) is 2.95. The van der Waals surface area contributed by atoms with E-state index in [-0.39, 0.29) is 43.4 Å². The molecule has 0 saturated heterocycles. The number of nitrogens with one attached hydrogen (secondary N) is 1. The minimum absolute atomic E-state index is 0.0617. The van der Waals surface area contributed by atoms with Crippen LogP contribution in [0.25, 0.3) is 5.69 Å². The Morgan fingerprint density at radius 2 is 1.76 bits per heavy atom. The SMILES string of the molecule is CCS(=O)(=O)c1ccc(CNC(=O)c2cc([S+]([O-])c3ccc(C#N)cc3)c(C)n(-c3cc(Cl)cc(Cl)c3)c2=O)nc1. The number of nitrogens with zero attached hydrogens (tertiary/aromatic N) is 3. The molecule has 1 atom stereocenters. The van der Waals surface area contributed by atoms with E-state index in [4.69, 9.17) is 28.5 Å². The molecule has 4 aromatic rings. The summed E-state index contributed by atoms with van der Waals surface area (Å²) in [5.41, 5.74) is 0.318. The molecular weight excluding hydrogens is 607 g/mol. The summed E-state index contributed by atoms with van der Waals surface area (Å²) < 4.78 is 38.9. The molecule has 1 amide bonds. The molecule has 0 spiro atoms. The van der Waals surface area contributed by atoms with Crippen LogP contribution in [0, 0.1) is 18.3 Å². The maximum Gasteiger partial charge on any atom is 0.268 e. The van der Waals surface area contributed by atoms with E-state index < -0.39 is 32.5 Å². The standard InChI is InChI=1S/C28H22Cl2N4O5S2/c1-3-41(38,39)24-9-6-21(32-16-24)15-33-27(35)25-13-26(40(37)23-7-4-18(14-31)5-8-23)17(2)34(28(25)36)22-11-19(29)10-20(30)12-22/h4-13,16H,3,15H2,1-2H3,(H,33,35). The molecule has 0 radical (unpaired) electrons. The second-order valence-electron chi connectivity index (χ2n) is 8.75. The van der Waals surface area contributed by atoms with Gasteiger partial charge in [-0.15, -0.1) is 0 Å². The number of hydrogen-bond donors (Lipinski definition) is 1. The molecule has 1 unspecified atom stereocenters. The van der Waals surface area contributed by atoms with Crippen molar-refractivity contribution < 1.29 is 17.8 Å². The Balaban J connectivity index is 1.76. The summed E-state index contributed by atoms with van der Waals surface area (Å²) in [6.45, 7) is 3.01. The van der Waals surface area contributed by atoms with Crippen molar-refractivity contribution in [2.75, 3.05) is 5.75 Å². The van der Waals surface area contributed by atoms with Crippen molar-refractivity contribution in [1.29, 1.82) is 5.26 Å². The van der Waals surface area contributed by atoms with Gasteiger partial charge in [0.25, 0.3) is 11.5 Å². The topological polar surface area (TPSA) is 145 Å². The van der Waals surface area contributed by atoms with Crippen molar-refractivity contribution in [3.05, 3.63) is 110 Å². The summed E-state index contributed by atoms with van der Waals surface area (Å²) in [5, 5.41) is 12.2. The normalized spacial score (nSPS) is 12.0. The van der Waals surface area contributed by atoms with Crippen molar-refractivity contribution in [3.63, 3.8) is 0 Å². The van der Waals surface area contributed by atoms with Crippen LogP contribution in [0.4, 0.5) is 0 Å². The number of benzene rings is 2. The lowest BCUT2D eigenvalue weighted by molar-refractivity contribution is 0.0948. The Hall–Kier alpha value is -3.66. The van der Waals surface area contributed by atoms with Crippen molar-refractivity contribution >= 4 is 50.1 Å². The van der Waals surface area contributed by atoms with Crippen LogP contribution in [0.5, 0.6) is 0 Å². The van der Waals surface area contributed by atoms with Gasteiger partial charge < -0.3 is 9.87 Å². The molecule has 9 nitrogen and oxygen atoms in total. The summed E-state index contributed by atoms with van der Waals surface area (Å²) in [4.78, 5) is 31.7. The van der Waals surface area contributed by atoms with Crippen LogP contribution < -0.4 is 10.9 Å². The molecule has 0 bridgehead atoms. The van der Waals surface area contributed by atoms with Crippen LogP contribution in [0.2, 0.25) is 10.0 Å². The van der Waals surface area contributed by atoms with Gasteiger partial charge in [0.2, 0.25) is 0 Å². The van der Waals surface area contributed by atoms with E-state index in [9.17, 15) is 22.6 Å². The summed E-state index contributed by atoms with van der Waals surface area (Å²) in [6, 6.07) is 16.7. The Labute approximate surface area is 249 Å². The maximum absolute atomic E-state index is 13.7. The zero-order chi connectivity index (χ0) is 29.9. The van der Waals surface area contributed by atoms with Crippen molar-refractivity contribution in [3.8, 4) is 11.8 Å². The maximum atomic E-state index is 13.7. The second-order valence-corrected chi connectivity index (χ2v) is 13.4. The lowest BCUT2D eigenvalue weighted by atomic mass is 10.2. The van der Waals surface area contributed by atoms with Crippen molar-refractivity contribution in [1.82, 2.24) is 14.9 Å². The number of nitriles is 1. The average molecular weight is 630 g/mol. The van der Waals surface area contributed by atoms with Crippen molar-refractivity contribution in [2.45, 2.75) is 35.1 Å². The quantitative estimate of drug-likeness (QED) is 0.280. The fourth-order valence-electron chi connectivity index (χ4n) is 3.92. The minimum atomic E-state index is -3.43. The third kappa shape index (κ3) is 6.64. The minimum Gasteiger partial charge on any atom is -0.606 e. The lowest BCUT2D eigenvalue weighted by Crippen LogP contribution is -2.34. The zero-order valence-electron chi connectivity index (χ0n) is 21.7. The fourth-order valence-corrected chi connectivity index (χ4v) is 6.48.